The summed E-state index contributed by atoms with van der Waals surface area (Å²) in [5, 5.41) is 3.73. The van der Waals surface area contributed by atoms with Gasteiger partial charge in [0.05, 0.1) is 0 Å². The van der Waals surface area contributed by atoms with Crippen LogP contribution in [0.25, 0.3) is 0 Å². The van der Waals surface area contributed by atoms with Gasteiger partial charge >= 0.3 is 6.18 Å². The quantitative estimate of drug-likeness (QED) is 0.852. The van der Waals surface area contributed by atoms with Crippen molar-refractivity contribution < 1.29 is 18.0 Å². The van der Waals surface area contributed by atoms with E-state index in [1.54, 1.807) is 4.90 Å². The molecular weight excluding hydrogens is 333 g/mol. The summed E-state index contributed by atoms with van der Waals surface area (Å²) in [4.78, 5) is 16.2. The Labute approximate surface area is 143 Å². The van der Waals surface area contributed by atoms with Crippen LogP contribution in [0.4, 0.5) is 13.2 Å². The average molecular weight is 352 g/mol. The monoisotopic (exact) mass is 352 g/mol. The van der Waals surface area contributed by atoms with Gasteiger partial charge in [0, 0.05) is 45.8 Å². The number of hydrogen-bond acceptors (Lipinski definition) is 3. The number of halogens is 3. The predicted octanol–water partition coefficient (Wildman–Crippen LogP) is 2.40. The summed E-state index contributed by atoms with van der Waals surface area (Å²) in [6.45, 7) is 3.11. The van der Waals surface area contributed by atoms with Gasteiger partial charge < -0.3 is 4.90 Å². The van der Waals surface area contributed by atoms with E-state index in [2.05, 4.69) is 10.00 Å². The fourth-order valence-corrected chi connectivity index (χ4v) is 2.95. The molecule has 1 fully saturated rings. The van der Waals surface area contributed by atoms with Crippen LogP contribution in [0.2, 0.25) is 0 Å². The van der Waals surface area contributed by atoms with Gasteiger partial charge in [-0.1, -0.05) is 30.3 Å². The Morgan fingerprint density at radius 3 is 2.32 bits per heavy atom. The van der Waals surface area contributed by atoms with Crippen molar-refractivity contribution in [1.29, 1.82) is 0 Å². The number of aryl methyl sites for hydroxylation is 1. The predicted molar refractivity (Wildman–Crippen MR) is 85.8 cm³/mol. The molecule has 134 valence electrons. The molecule has 8 heteroatoms. The third kappa shape index (κ3) is 4.01. The zero-order valence-corrected chi connectivity index (χ0v) is 13.8. The van der Waals surface area contributed by atoms with Gasteiger partial charge in [0.25, 0.3) is 5.91 Å². The lowest BCUT2D eigenvalue weighted by atomic mass is 10.2. The number of alkyl halides is 3. The number of piperazine rings is 1. The van der Waals surface area contributed by atoms with Crippen LogP contribution in [-0.2, 0) is 19.8 Å². The molecule has 1 aliphatic rings. The Balaban J connectivity index is 1.60. The molecule has 1 aliphatic heterocycles. The Bertz CT molecular complexity index is 734. The lowest BCUT2D eigenvalue weighted by molar-refractivity contribution is -0.143. The summed E-state index contributed by atoms with van der Waals surface area (Å²) in [5.74, 6) is -0.453. The van der Waals surface area contributed by atoms with Gasteiger partial charge in [0.15, 0.2) is 5.69 Å². The highest BCUT2D eigenvalue weighted by atomic mass is 19.4. The first-order valence-electron chi connectivity index (χ1n) is 8.01. The lowest BCUT2D eigenvalue weighted by Gasteiger charge is -2.34. The van der Waals surface area contributed by atoms with Crippen molar-refractivity contribution >= 4 is 5.91 Å². The van der Waals surface area contributed by atoms with Crippen LogP contribution in [0.5, 0.6) is 0 Å². The molecule has 0 atom stereocenters. The summed E-state index contributed by atoms with van der Waals surface area (Å²) >= 11 is 0. The molecule has 0 saturated carbocycles. The highest BCUT2D eigenvalue weighted by Gasteiger charge is 2.36. The van der Waals surface area contributed by atoms with Crippen molar-refractivity contribution in [1.82, 2.24) is 19.6 Å². The standard InChI is InChI=1S/C17H19F3N4O/c1-22-15(17(18,19)20)11-14(21-22)16(25)24-9-7-23(8-10-24)12-13-5-3-2-4-6-13/h2-6,11H,7-10,12H2,1H3. The summed E-state index contributed by atoms with van der Waals surface area (Å²) < 4.78 is 39.2. The molecule has 0 spiro atoms. The molecule has 0 radical (unpaired) electrons. The highest BCUT2D eigenvalue weighted by Crippen LogP contribution is 2.29. The lowest BCUT2D eigenvalue weighted by Crippen LogP contribution is -2.48. The van der Waals surface area contributed by atoms with E-state index in [4.69, 9.17) is 0 Å². The third-order valence-electron chi connectivity index (χ3n) is 4.30. The number of nitrogens with zero attached hydrogens (tertiary/aromatic N) is 4. The van der Waals surface area contributed by atoms with E-state index in [-0.39, 0.29) is 5.69 Å². The smallest absolute Gasteiger partial charge is 0.335 e. The molecular formula is C17H19F3N4O. The molecule has 3 rings (SSSR count). The first kappa shape index (κ1) is 17.5. The van der Waals surface area contributed by atoms with Gasteiger partial charge in [-0.05, 0) is 5.56 Å². The number of benzene rings is 1. The summed E-state index contributed by atoms with van der Waals surface area (Å²) in [7, 11) is 1.19. The number of hydrogen-bond donors (Lipinski definition) is 0. The number of rotatable bonds is 3. The zero-order chi connectivity index (χ0) is 18.0. The Hall–Kier alpha value is -2.35. The summed E-state index contributed by atoms with van der Waals surface area (Å²) in [6, 6.07) is 10.8. The second-order valence-electron chi connectivity index (χ2n) is 6.09. The molecule has 0 aliphatic carbocycles. The Morgan fingerprint density at radius 2 is 1.76 bits per heavy atom. The topological polar surface area (TPSA) is 41.4 Å². The van der Waals surface area contributed by atoms with Crippen molar-refractivity contribution in [2.75, 3.05) is 26.2 Å². The minimum absolute atomic E-state index is 0.161. The second-order valence-corrected chi connectivity index (χ2v) is 6.09. The third-order valence-corrected chi connectivity index (χ3v) is 4.30. The molecule has 0 bridgehead atoms. The first-order chi connectivity index (χ1) is 11.8. The number of amides is 1. The van der Waals surface area contributed by atoms with Crippen molar-refractivity contribution in [2.24, 2.45) is 7.05 Å². The van der Waals surface area contributed by atoms with Crippen LogP contribution >= 0.6 is 0 Å². The minimum Gasteiger partial charge on any atom is -0.335 e. The van der Waals surface area contributed by atoms with Gasteiger partial charge in [-0.25, -0.2) is 0 Å². The van der Waals surface area contributed by atoms with Crippen LogP contribution in [0.3, 0.4) is 0 Å². The first-order valence-corrected chi connectivity index (χ1v) is 8.01. The van der Waals surface area contributed by atoms with Crippen LogP contribution in [0, 0.1) is 0 Å². The van der Waals surface area contributed by atoms with E-state index in [0.717, 1.165) is 12.6 Å². The maximum atomic E-state index is 12.8. The van der Waals surface area contributed by atoms with Gasteiger partial charge in [0.1, 0.15) is 5.69 Å². The van der Waals surface area contributed by atoms with Crippen LogP contribution in [0.15, 0.2) is 36.4 Å². The van der Waals surface area contributed by atoms with Crippen LogP contribution < -0.4 is 0 Å². The van der Waals surface area contributed by atoms with E-state index in [0.29, 0.717) is 30.9 Å². The Morgan fingerprint density at radius 1 is 1.12 bits per heavy atom. The van der Waals surface area contributed by atoms with Crippen LogP contribution in [0.1, 0.15) is 21.7 Å². The molecule has 5 nitrogen and oxygen atoms in total. The molecule has 2 aromatic rings. The molecule has 2 heterocycles. The van der Waals surface area contributed by atoms with Crippen molar-refractivity contribution in [2.45, 2.75) is 12.7 Å². The van der Waals surface area contributed by atoms with E-state index in [1.165, 1.54) is 12.6 Å². The second kappa shape index (κ2) is 6.87. The maximum Gasteiger partial charge on any atom is 0.433 e. The van der Waals surface area contributed by atoms with Gasteiger partial charge in [0.2, 0.25) is 0 Å². The fourth-order valence-electron chi connectivity index (χ4n) is 2.95. The maximum absolute atomic E-state index is 12.8. The van der Waals surface area contributed by atoms with E-state index in [1.807, 2.05) is 30.3 Å². The molecule has 25 heavy (non-hydrogen) atoms. The molecule has 0 unspecified atom stereocenters. The highest BCUT2D eigenvalue weighted by molar-refractivity contribution is 5.92. The zero-order valence-electron chi connectivity index (χ0n) is 13.8. The van der Waals surface area contributed by atoms with Gasteiger partial charge in [-0.15, -0.1) is 0 Å². The normalized spacial score (nSPS) is 16.2. The van der Waals surface area contributed by atoms with E-state index < -0.39 is 17.8 Å². The summed E-state index contributed by atoms with van der Waals surface area (Å²) in [5.41, 5.74) is 0.117. The fraction of sp³-hybridized carbons (Fsp3) is 0.412. The number of aromatic nitrogens is 2. The minimum atomic E-state index is -4.52. The van der Waals surface area contributed by atoms with Gasteiger partial charge in [-0.2, -0.15) is 18.3 Å². The van der Waals surface area contributed by atoms with Gasteiger partial charge in [-0.3, -0.25) is 14.4 Å². The van der Waals surface area contributed by atoms with Crippen molar-refractivity contribution in [3.8, 4) is 0 Å². The van der Waals surface area contributed by atoms with Crippen molar-refractivity contribution in [3.63, 3.8) is 0 Å². The molecule has 1 aromatic heterocycles. The average Bonchev–Trinajstić information content (AvgIpc) is 2.98. The molecule has 1 amide bonds. The van der Waals surface area contributed by atoms with Crippen LogP contribution in [-0.4, -0.2) is 51.7 Å². The Kier molecular flexibility index (Phi) is 4.80. The number of carbonyl (C=O) groups excluding carboxylic acids is 1. The van der Waals surface area contributed by atoms with E-state index >= 15 is 0 Å². The number of carbonyl (C=O) groups is 1. The molecule has 1 aromatic carbocycles. The molecule has 1 saturated heterocycles. The van der Waals surface area contributed by atoms with Crippen molar-refractivity contribution in [3.05, 3.63) is 53.3 Å². The molecule has 0 N–H and O–H groups in total. The largest absolute Gasteiger partial charge is 0.433 e. The van der Waals surface area contributed by atoms with E-state index in [9.17, 15) is 18.0 Å². The summed E-state index contributed by atoms with van der Waals surface area (Å²) in [6.07, 6.45) is -4.52. The SMILES string of the molecule is Cn1nc(C(=O)N2CCN(Cc3ccccc3)CC2)cc1C(F)(F)F.